The van der Waals surface area contributed by atoms with Gasteiger partial charge in [-0.15, -0.1) is 0 Å². The van der Waals surface area contributed by atoms with Crippen LogP contribution in [0.3, 0.4) is 0 Å². The van der Waals surface area contributed by atoms with Gasteiger partial charge in [-0.1, -0.05) is 42.8 Å². The van der Waals surface area contributed by atoms with Crippen LogP contribution in [0.2, 0.25) is 0 Å². The molecule has 1 nitrogen and oxygen atoms in total. The summed E-state index contributed by atoms with van der Waals surface area (Å²) in [7, 11) is -2.60. The molecule has 0 aromatic heterocycles. The van der Waals surface area contributed by atoms with Crippen molar-refractivity contribution in [3.05, 3.63) is 70.3 Å². The lowest BCUT2D eigenvalue weighted by molar-refractivity contribution is 0.587. The van der Waals surface area contributed by atoms with E-state index >= 15 is 0 Å². The Kier molecular flexibility index (Phi) is 5.03. The zero-order chi connectivity index (χ0) is 16.3. The highest BCUT2D eigenvalue weighted by molar-refractivity contribution is 7.74. The Labute approximate surface area is 132 Å². The van der Waals surface area contributed by atoms with Crippen molar-refractivity contribution in [3.63, 3.8) is 0 Å². The van der Waals surface area contributed by atoms with Crippen molar-refractivity contribution in [2.45, 2.75) is 27.7 Å². The minimum Gasteiger partial charge on any atom is -0.314 e. The Morgan fingerprint density at radius 1 is 1.05 bits per heavy atom. The Bertz CT molecular complexity index is 722. The highest BCUT2D eigenvalue weighted by atomic mass is 31.2. The summed E-state index contributed by atoms with van der Waals surface area (Å²) >= 11 is 0. The molecule has 3 heteroatoms. The van der Waals surface area contributed by atoms with Gasteiger partial charge in [0.05, 0.1) is 0 Å². The van der Waals surface area contributed by atoms with Crippen molar-refractivity contribution < 1.29 is 8.96 Å². The van der Waals surface area contributed by atoms with Crippen LogP contribution >= 0.6 is 7.14 Å². The molecule has 0 aliphatic rings. The van der Waals surface area contributed by atoms with E-state index in [1.807, 2.05) is 32.7 Å². The number of hydrogen-bond donors (Lipinski definition) is 0. The van der Waals surface area contributed by atoms with Crippen LogP contribution in [0.25, 0.3) is 6.08 Å². The van der Waals surface area contributed by atoms with Gasteiger partial charge in [0.2, 0.25) is 0 Å². The summed E-state index contributed by atoms with van der Waals surface area (Å²) in [6, 6.07) is 10.4. The van der Waals surface area contributed by atoms with Crippen LogP contribution in [0.5, 0.6) is 0 Å². The second-order valence-corrected chi connectivity index (χ2v) is 8.70. The first-order valence-electron chi connectivity index (χ1n) is 7.47. The van der Waals surface area contributed by atoms with Crippen LogP contribution in [-0.4, -0.2) is 6.16 Å². The molecule has 0 fully saturated rings. The van der Waals surface area contributed by atoms with Crippen LogP contribution in [0.1, 0.15) is 29.2 Å². The van der Waals surface area contributed by atoms with E-state index in [-0.39, 0.29) is 5.82 Å². The molecule has 0 N–H and O–H groups in total. The maximum Gasteiger partial charge on any atom is 0.136 e. The van der Waals surface area contributed by atoms with Crippen LogP contribution < -0.4 is 5.30 Å². The lowest BCUT2D eigenvalue weighted by atomic mass is 10.1. The van der Waals surface area contributed by atoms with Gasteiger partial charge in [0.1, 0.15) is 13.0 Å². The van der Waals surface area contributed by atoms with Gasteiger partial charge < -0.3 is 4.57 Å². The fraction of sp³-hybridized carbons (Fsp3) is 0.263. The van der Waals surface area contributed by atoms with E-state index in [9.17, 15) is 8.96 Å². The smallest absolute Gasteiger partial charge is 0.136 e. The zero-order valence-electron chi connectivity index (χ0n) is 13.6. The zero-order valence-corrected chi connectivity index (χ0v) is 14.5. The van der Waals surface area contributed by atoms with Gasteiger partial charge in [0.15, 0.2) is 0 Å². The minimum atomic E-state index is -2.60. The molecule has 0 unspecified atom stereocenters. The molecule has 0 bridgehead atoms. The summed E-state index contributed by atoms with van der Waals surface area (Å²) in [5.41, 5.74) is 4.19. The maximum atomic E-state index is 13.4. The van der Waals surface area contributed by atoms with Crippen LogP contribution in [-0.2, 0) is 4.57 Å². The Morgan fingerprint density at radius 3 is 2.09 bits per heavy atom. The van der Waals surface area contributed by atoms with Crippen molar-refractivity contribution in [2.75, 3.05) is 6.16 Å². The molecular weight excluding hydrogens is 294 g/mol. The number of halogens is 1. The van der Waals surface area contributed by atoms with Gasteiger partial charge in [-0.25, -0.2) is 4.39 Å². The highest BCUT2D eigenvalue weighted by Crippen LogP contribution is 2.48. The fourth-order valence-corrected chi connectivity index (χ4v) is 5.30. The van der Waals surface area contributed by atoms with E-state index in [0.29, 0.717) is 6.16 Å². The molecule has 2 aromatic carbocycles. The van der Waals surface area contributed by atoms with E-state index in [1.165, 1.54) is 17.7 Å². The minimum absolute atomic E-state index is 0.263. The van der Waals surface area contributed by atoms with E-state index in [2.05, 4.69) is 19.1 Å². The van der Waals surface area contributed by atoms with Crippen LogP contribution in [0.4, 0.5) is 4.39 Å². The van der Waals surface area contributed by atoms with E-state index < -0.39 is 7.14 Å². The summed E-state index contributed by atoms with van der Waals surface area (Å²) in [6.07, 6.45) is 2.41. The van der Waals surface area contributed by atoms with E-state index in [4.69, 9.17) is 0 Å². The molecule has 22 heavy (non-hydrogen) atoms. The molecule has 0 heterocycles. The lowest BCUT2D eigenvalue weighted by Gasteiger charge is -2.19. The van der Waals surface area contributed by atoms with Crippen molar-refractivity contribution >= 4 is 18.5 Å². The summed E-state index contributed by atoms with van der Waals surface area (Å²) in [5, 5.41) is 0.957. The normalized spacial score (nSPS) is 14.2. The molecule has 0 radical (unpaired) electrons. The van der Waals surface area contributed by atoms with Gasteiger partial charge >= 0.3 is 0 Å². The van der Waals surface area contributed by atoms with E-state index in [0.717, 1.165) is 22.0 Å². The molecule has 0 aliphatic heterocycles. The SMILES string of the molecule is CC[P@@](=O)(/C=C/c1ccc(F)cc1)c1c(C)cc(C)cc1C. The first kappa shape index (κ1) is 16.7. The second-order valence-electron chi connectivity index (χ2n) is 5.73. The van der Waals surface area contributed by atoms with Crippen molar-refractivity contribution in [1.82, 2.24) is 0 Å². The molecule has 2 aromatic rings. The largest absolute Gasteiger partial charge is 0.314 e. The molecule has 0 saturated heterocycles. The summed E-state index contributed by atoms with van der Waals surface area (Å²) in [4.78, 5) is 0. The third-order valence-electron chi connectivity index (χ3n) is 3.86. The lowest BCUT2D eigenvalue weighted by Crippen LogP contribution is -2.13. The third kappa shape index (κ3) is 3.56. The second kappa shape index (κ2) is 6.62. The topological polar surface area (TPSA) is 17.1 Å². The molecule has 0 amide bonds. The highest BCUT2D eigenvalue weighted by Gasteiger charge is 2.23. The van der Waals surface area contributed by atoms with Gasteiger partial charge in [-0.2, -0.15) is 0 Å². The maximum absolute atomic E-state index is 13.4. The fourth-order valence-electron chi connectivity index (χ4n) is 2.89. The molecule has 0 aliphatic carbocycles. The quantitative estimate of drug-likeness (QED) is 0.687. The summed E-state index contributed by atoms with van der Waals surface area (Å²) in [5.74, 6) is 1.55. The number of aryl methyl sites for hydroxylation is 3. The van der Waals surface area contributed by atoms with Crippen LogP contribution in [0.15, 0.2) is 42.2 Å². The Hall–Kier alpha value is -1.66. The molecular formula is C19H22FOP. The molecule has 0 saturated carbocycles. The standard InChI is InChI=1S/C19H22FOP/c1-5-22(21,11-10-17-6-8-18(20)9-7-17)19-15(3)12-14(2)13-16(19)4/h6-13H,5H2,1-4H3/b11-10+/t22-/m1/s1. The monoisotopic (exact) mass is 316 g/mol. The van der Waals surface area contributed by atoms with Crippen LogP contribution in [0, 0.1) is 26.6 Å². The molecule has 0 spiro atoms. The number of benzene rings is 2. The van der Waals surface area contributed by atoms with Gasteiger partial charge in [-0.3, -0.25) is 0 Å². The average Bonchev–Trinajstić information content (AvgIpc) is 2.45. The first-order chi connectivity index (χ1) is 10.4. The number of hydrogen-bond acceptors (Lipinski definition) is 1. The third-order valence-corrected chi connectivity index (χ3v) is 6.89. The molecule has 2 rings (SSSR count). The van der Waals surface area contributed by atoms with E-state index in [1.54, 1.807) is 12.1 Å². The van der Waals surface area contributed by atoms with Crippen molar-refractivity contribution in [1.29, 1.82) is 0 Å². The summed E-state index contributed by atoms with van der Waals surface area (Å²) < 4.78 is 26.4. The van der Waals surface area contributed by atoms with Crippen molar-refractivity contribution in [2.24, 2.45) is 0 Å². The molecule has 116 valence electrons. The average molecular weight is 316 g/mol. The number of rotatable bonds is 4. The predicted octanol–water partition coefficient (Wildman–Crippen LogP) is 5.43. The summed E-state index contributed by atoms with van der Waals surface area (Å²) in [6.45, 7) is 8.04. The first-order valence-corrected chi connectivity index (χ1v) is 9.44. The van der Waals surface area contributed by atoms with Crippen molar-refractivity contribution in [3.8, 4) is 0 Å². The Balaban J connectivity index is 2.45. The predicted molar refractivity (Wildman–Crippen MR) is 93.9 cm³/mol. The van der Waals surface area contributed by atoms with Gasteiger partial charge in [0.25, 0.3) is 0 Å². The molecule has 1 atom stereocenters. The Morgan fingerprint density at radius 2 is 1.59 bits per heavy atom. The van der Waals surface area contributed by atoms with Gasteiger partial charge in [0, 0.05) is 11.5 Å². The van der Waals surface area contributed by atoms with Gasteiger partial charge in [-0.05, 0) is 55.4 Å².